The third-order valence-corrected chi connectivity index (χ3v) is 3.14. The average molecular weight is 311 g/mol. The van der Waals surface area contributed by atoms with Crippen molar-refractivity contribution in [3.63, 3.8) is 0 Å². The van der Waals surface area contributed by atoms with Gasteiger partial charge in [-0.15, -0.1) is 6.58 Å². The summed E-state index contributed by atoms with van der Waals surface area (Å²) in [5, 5.41) is 2.79. The number of nitrogens with one attached hydrogen (secondary N) is 1. The smallest absolute Gasteiger partial charge is 0.262 e. The quantitative estimate of drug-likeness (QED) is 0.754. The predicted molar refractivity (Wildman–Crippen MR) is 92.1 cm³/mol. The first-order valence-electron chi connectivity index (χ1n) is 7.57. The first-order valence-corrected chi connectivity index (χ1v) is 7.57. The Balaban J connectivity index is 1.89. The van der Waals surface area contributed by atoms with Gasteiger partial charge in [0.1, 0.15) is 11.5 Å². The van der Waals surface area contributed by atoms with Crippen molar-refractivity contribution < 1.29 is 14.3 Å². The van der Waals surface area contributed by atoms with Gasteiger partial charge >= 0.3 is 0 Å². The molecule has 0 atom stereocenters. The highest BCUT2D eigenvalue weighted by Crippen LogP contribution is 2.19. The van der Waals surface area contributed by atoms with Crippen molar-refractivity contribution >= 4 is 11.6 Å². The molecule has 23 heavy (non-hydrogen) atoms. The number of anilines is 1. The Morgan fingerprint density at radius 1 is 1.13 bits per heavy atom. The van der Waals surface area contributed by atoms with Crippen molar-refractivity contribution in [1.29, 1.82) is 0 Å². The van der Waals surface area contributed by atoms with Crippen molar-refractivity contribution in [2.45, 2.75) is 13.3 Å². The Hall–Kier alpha value is -2.75. The van der Waals surface area contributed by atoms with E-state index in [0.717, 1.165) is 11.3 Å². The van der Waals surface area contributed by atoms with Crippen LogP contribution in [0.3, 0.4) is 0 Å². The summed E-state index contributed by atoms with van der Waals surface area (Å²) in [4.78, 5) is 12.0. The molecule has 0 unspecified atom stereocenters. The summed E-state index contributed by atoms with van der Waals surface area (Å²) in [5.41, 5.74) is 1.72. The summed E-state index contributed by atoms with van der Waals surface area (Å²) in [7, 11) is 0. The maximum atomic E-state index is 12.0. The van der Waals surface area contributed by atoms with E-state index < -0.39 is 0 Å². The van der Waals surface area contributed by atoms with Gasteiger partial charge in [-0.25, -0.2) is 0 Å². The SMILES string of the molecule is C=CCc1ccccc1OCC(=O)Nc1ccc(OCC)cc1. The molecule has 0 fully saturated rings. The molecule has 4 heteroatoms. The molecule has 1 amide bonds. The molecule has 0 saturated heterocycles. The van der Waals surface area contributed by atoms with Crippen LogP contribution in [-0.4, -0.2) is 19.1 Å². The second-order valence-electron chi connectivity index (χ2n) is 4.89. The first kappa shape index (κ1) is 16.6. The number of amides is 1. The number of para-hydroxylation sites is 1. The number of benzene rings is 2. The van der Waals surface area contributed by atoms with Crippen LogP contribution in [0.5, 0.6) is 11.5 Å². The lowest BCUT2D eigenvalue weighted by molar-refractivity contribution is -0.118. The molecule has 0 heterocycles. The fourth-order valence-electron chi connectivity index (χ4n) is 2.11. The molecule has 0 spiro atoms. The number of hydrogen-bond donors (Lipinski definition) is 1. The minimum absolute atomic E-state index is 0.0403. The van der Waals surface area contributed by atoms with E-state index in [-0.39, 0.29) is 12.5 Å². The van der Waals surface area contributed by atoms with E-state index in [0.29, 0.717) is 24.5 Å². The molecule has 0 bridgehead atoms. The minimum Gasteiger partial charge on any atom is -0.494 e. The van der Waals surface area contributed by atoms with E-state index in [9.17, 15) is 4.79 Å². The second-order valence-corrected chi connectivity index (χ2v) is 4.89. The van der Waals surface area contributed by atoms with Gasteiger partial charge in [0.25, 0.3) is 5.91 Å². The summed E-state index contributed by atoms with van der Waals surface area (Å²) in [6.07, 6.45) is 2.51. The zero-order valence-electron chi connectivity index (χ0n) is 13.2. The fourth-order valence-corrected chi connectivity index (χ4v) is 2.11. The molecule has 120 valence electrons. The minimum atomic E-state index is -0.206. The molecule has 0 aliphatic heterocycles. The molecule has 2 aromatic carbocycles. The Labute approximate surface area is 136 Å². The highest BCUT2D eigenvalue weighted by molar-refractivity contribution is 5.91. The van der Waals surface area contributed by atoms with Crippen molar-refractivity contribution in [1.82, 2.24) is 0 Å². The van der Waals surface area contributed by atoms with Gasteiger partial charge in [-0.1, -0.05) is 24.3 Å². The van der Waals surface area contributed by atoms with E-state index >= 15 is 0 Å². The maximum absolute atomic E-state index is 12.0. The molecule has 2 aromatic rings. The number of rotatable bonds is 8. The van der Waals surface area contributed by atoms with Crippen LogP contribution in [0.2, 0.25) is 0 Å². The zero-order chi connectivity index (χ0) is 16.5. The first-order chi connectivity index (χ1) is 11.2. The van der Waals surface area contributed by atoms with Gasteiger partial charge in [-0.3, -0.25) is 4.79 Å². The van der Waals surface area contributed by atoms with E-state index in [4.69, 9.17) is 9.47 Å². The van der Waals surface area contributed by atoms with Crippen LogP contribution >= 0.6 is 0 Å². The van der Waals surface area contributed by atoms with Crippen molar-refractivity contribution in [3.05, 3.63) is 66.7 Å². The van der Waals surface area contributed by atoms with Crippen molar-refractivity contribution in [2.75, 3.05) is 18.5 Å². The van der Waals surface area contributed by atoms with Crippen molar-refractivity contribution in [2.24, 2.45) is 0 Å². The number of allylic oxidation sites excluding steroid dienone is 1. The van der Waals surface area contributed by atoms with E-state index in [2.05, 4.69) is 11.9 Å². The monoisotopic (exact) mass is 311 g/mol. The molecule has 4 nitrogen and oxygen atoms in total. The van der Waals surface area contributed by atoms with E-state index in [1.807, 2.05) is 49.4 Å². The normalized spacial score (nSPS) is 9.96. The Morgan fingerprint density at radius 3 is 2.57 bits per heavy atom. The van der Waals surface area contributed by atoms with Gasteiger partial charge in [0.15, 0.2) is 6.61 Å². The predicted octanol–water partition coefficient (Wildman–Crippen LogP) is 3.83. The third-order valence-electron chi connectivity index (χ3n) is 3.14. The average Bonchev–Trinajstić information content (AvgIpc) is 2.56. The second kappa shape index (κ2) is 8.63. The van der Waals surface area contributed by atoms with Gasteiger partial charge in [0.2, 0.25) is 0 Å². The van der Waals surface area contributed by atoms with Gasteiger partial charge in [-0.2, -0.15) is 0 Å². The van der Waals surface area contributed by atoms with Crippen LogP contribution in [0.1, 0.15) is 12.5 Å². The summed E-state index contributed by atoms with van der Waals surface area (Å²) in [5.74, 6) is 1.27. The maximum Gasteiger partial charge on any atom is 0.262 e. The van der Waals surface area contributed by atoms with Gasteiger partial charge in [-0.05, 0) is 49.2 Å². The fraction of sp³-hybridized carbons (Fsp3) is 0.211. The number of ether oxygens (including phenoxy) is 2. The standard InChI is InChI=1S/C19H21NO3/c1-3-7-15-8-5-6-9-18(15)23-14-19(21)20-16-10-12-17(13-11-16)22-4-2/h3,5-6,8-13H,1,4,7,14H2,2H3,(H,20,21). The highest BCUT2D eigenvalue weighted by Gasteiger charge is 2.06. The van der Waals surface area contributed by atoms with Crippen LogP contribution in [0.25, 0.3) is 0 Å². The zero-order valence-corrected chi connectivity index (χ0v) is 13.2. The Bertz CT molecular complexity index is 650. The Morgan fingerprint density at radius 2 is 1.87 bits per heavy atom. The topological polar surface area (TPSA) is 47.6 Å². The van der Waals surface area contributed by atoms with Gasteiger partial charge < -0.3 is 14.8 Å². The molecular formula is C19H21NO3. The molecule has 0 radical (unpaired) electrons. The number of carbonyl (C=O) groups is 1. The molecular weight excluding hydrogens is 290 g/mol. The summed E-state index contributed by atoms with van der Waals surface area (Å²) in [6.45, 7) is 6.23. The molecule has 0 aromatic heterocycles. The van der Waals surface area contributed by atoms with Crippen LogP contribution in [0, 0.1) is 0 Å². The van der Waals surface area contributed by atoms with Crippen LogP contribution in [0.4, 0.5) is 5.69 Å². The van der Waals surface area contributed by atoms with Gasteiger partial charge in [0.05, 0.1) is 6.61 Å². The highest BCUT2D eigenvalue weighted by atomic mass is 16.5. The van der Waals surface area contributed by atoms with Gasteiger partial charge in [0, 0.05) is 5.69 Å². The lowest BCUT2D eigenvalue weighted by Gasteiger charge is -2.11. The lowest BCUT2D eigenvalue weighted by Crippen LogP contribution is -2.20. The van der Waals surface area contributed by atoms with E-state index in [1.54, 1.807) is 12.1 Å². The van der Waals surface area contributed by atoms with Crippen molar-refractivity contribution in [3.8, 4) is 11.5 Å². The number of hydrogen-bond acceptors (Lipinski definition) is 3. The summed E-state index contributed by atoms with van der Waals surface area (Å²) in [6, 6.07) is 14.9. The third kappa shape index (κ3) is 5.18. The molecule has 0 saturated carbocycles. The van der Waals surface area contributed by atoms with Crippen LogP contribution < -0.4 is 14.8 Å². The summed E-state index contributed by atoms with van der Waals surface area (Å²) < 4.78 is 11.0. The molecule has 0 aliphatic carbocycles. The lowest BCUT2D eigenvalue weighted by atomic mass is 10.1. The summed E-state index contributed by atoms with van der Waals surface area (Å²) >= 11 is 0. The van der Waals surface area contributed by atoms with Crippen LogP contribution in [0.15, 0.2) is 61.2 Å². The molecule has 0 aliphatic rings. The largest absolute Gasteiger partial charge is 0.494 e. The Kier molecular flexibility index (Phi) is 6.24. The molecule has 2 rings (SSSR count). The number of carbonyl (C=O) groups excluding carboxylic acids is 1. The molecule has 1 N–H and O–H groups in total. The van der Waals surface area contributed by atoms with E-state index in [1.165, 1.54) is 0 Å². The van der Waals surface area contributed by atoms with Crippen LogP contribution in [-0.2, 0) is 11.2 Å².